The largest absolute Gasteiger partial charge is 0.286 e. The standard InChI is InChI=1S/C20H27N5O4S/c1-3-4-5-6-16(13-25(28)14-26)19(27)23-24-20-21-12-11-18(22-20)15-7-9-17(10-8-15)30(2)29/h7-12,14,16,28H,3-6,13H2,1-2H3,(H,23,27)(H,21,22,24)/t16-,30?/m0/s1. The Bertz CT molecular complexity index is 863. The van der Waals surface area contributed by atoms with Crippen LogP contribution in [-0.4, -0.2) is 49.6 Å². The molecule has 2 aromatic rings. The van der Waals surface area contributed by atoms with Crippen LogP contribution in [0.1, 0.15) is 32.6 Å². The second kappa shape index (κ2) is 12.0. The molecule has 2 atom stereocenters. The number of carbonyl (C=O) groups excluding carboxylic acids is 2. The smallest absolute Gasteiger partial charge is 0.243 e. The molecule has 3 N–H and O–H groups in total. The molecule has 9 nitrogen and oxygen atoms in total. The van der Waals surface area contributed by atoms with Crippen molar-refractivity contribution in [2.75, 3.05) is 18.2 Å². The van der Waals surface area contributed by atoms with E-state index in [-0.39, 0.29) is 24.8 Å². The highest BCUT2D eigenvalue weighted by atomic mass is 32.2. The SMILES string of the molecule is CCCCC[C@@H](CN(O)C=O)C(=O)NNc1nccc(-c2ccc(S(C)=O)cc2)n1. The number of hydroxylamine groups is 2. The zero-order valence-electron chi connectivity index (χ0n) is 17.1. The lowest BCUT2D eigenvalue weighted by Gasteiger charge is -2.19. The molecule has 0 saturated carbocycles. The maximum atomic E-state index is 12.5. The molecule has 1 aromatic heterocycles. The average Bonchev–Trinajstić information content (AvgIpc) is 2.77. The van der Waals surface area contributed by atoms with Crippen LogP contribution in [0, 0.1) is 5.92 Å². The van der Waals surface area contributed by atoms with Crippen LogP contribution in [0.25, 0.3) is 11.3 Å². The van der Waals surface area contributed by atoms with Gasteiger partial charge in [-0.1, -0.05) is 38.3 Å². The van der Waals surface area contributed by atoms with Crippen LogP contribution < -0.4 is 10.9 Å². The molecule has 1 aromatic carbocycles. The van der Waals surface area contributed by atoms with E-state index in [1.165, 1.54) is 0 Å². The summed E-state index contributed by atoms with van der Waals surface area (Å²) in [5.41, 5.74) is 6.69. The molecule has 30 heavy (non-hydrogen) atoms. The molecule has 2 amide bonds. The Labute approximate surface area is 178 Å². The van der Waals surface area contributed by atoms with Crippen molar-refractivity contribution in [3.8, 4) is 11.3 Å². The zero-order valence-corrected chi connectivity index (χ0v) is 17.9. The first-order chi connectivity index (χ1) is 14.4. The third-order valence-electron chi connectivity index (χ3n) is 4.49. The van der Waals surface area contributed by atoms with Crippen LogP contribution in [0.5, 0.6) is 0 Å². The molecule has 0 aliphatic carbocycles. The number of anilines is 1. The number of aromatic nitrogens is 2. The Kier molecular flexibility index (Phi) is 9.36. The molecule has 2 rings (SSSR count). The van der Waals surface area contributed by atoms with E-state index in [1.807, 2.05) is 12.1 Å². The number of carbonyl (C=O) groups is 2. The normalized spacial score (nSPS) is 12.6. The van der Waals surface area contributed by atoms with E-state index in [2.05, 4.69) is 27.7 Å². The van der Waals surface area contributed by atoms with Gasteiger partial charge in [-0.2, -0.15) is 0 Å². The number of nitrogens with zero attached hydrogens (tertiary/aromatic N) is 3. The fourth-order valence-electron chi connectivity index (χ4n) is 2.83. The summed E-state index contributed by atoms with van der Waals surface area (Å²) in [5, 5.41) is 9.93. The lowest BCUT2D eigenvalue weighted by atomic mass is 10.0. The summed E-state index contributed by atoms with van der Waals surface area (Å²) in [6.07, 6.45) is 6.76. The van der Waals surface area contributed by atoms with Gasteiger partial charge >= 0.3 is 0 Å². The summed E-state index contributed by atoms with van der Waals surface area (Å²) in [6, 6.07) is 8.92. The number of hydrazine groups is 1. The van der Waals surface area contributed by atoms with Gasteiger partial charge in [0, 0.05) is 33.7 Å². The van der Waals surface area contributed by atoms with Crippen LogP contribution in [0.3, 0.4) is 0 Å². The second-order valence-corrected chi connectivity index (χ2v) is 8.16. The molecule has 0 spiro atoms. The molecule has 162 valence electrons. The van der Waals surface area contributed by atoms with E-state index in [1.54, 1.807) is 30.7 Å². The van der Waals surface area contributed by atoms with Crippen LogP contribution in [-0.2, 0) is 20.4 Å². The lowest BCUT2D eigenvalue weighted by molar-refractivity contribution is -0.154. The fraction of sp³-hybridized carbons (Fsp3) is 0.400. The Morgan fingerprint density at radius 1 is 1.27 bits per heavy atom. The number of rotatable bonds is 12. The van der Waals surface area contributed by atoms with Crippen molar-refractivity contribution >= 4 is 29.1 Å². The summed E-state index contributed by atoms with van der Waals surface area (Å²) < 4.78 is 11.5. The van der Waals surface area contributed by atoms with Gasteiger partial charge in [0.05, 0.1) is 18.2 Å². The van der Waals surface area contributed by atoms with Gasteiger partial charge in [-0.25, -0.2) is 15.0 Å². The number of unbranched alkanes of at least 4 members (excludes halogenated alkanes) is 2. The van der Waals surface area contributed by atoms with Gasteiger partial charge in [0.25, 0.3) is 0 Å². The van der Waals surface area contributed by atoms with Gasteiger partial charge in [-0.3, -0.25) is 29.9 Å². The average molecular weight is 434 g/mol. The monoisotopic (exact) mass is 433 g/mol. The van der Waals surface area contributed by atoms with Crippen molar-refractivity contribution in [1.82, 2.24) is 20.5 Å². The van der Waals surface area contributed by atoms with Gasteiger partial charge in [-0.15, -0.1) is 0 Å². The summed E-state index contributed by atoms with van der Waals surface area (Å²) >= 11 is 0. The predicted octanol–water partition coefficient (Wildman–Crippen LogP) is 2.37. The highest BCUT2D eigenvalue weighted by Gasteiger charge is 2.20. The van der Waals surface area contributed by atoms with Gasteiger partial charge in [0.2, 0.25) is 18.3 Å². The van der Waals surface area contributed by atoms with E-state index in [9.17, 15) is 19.0 Å². The first kappa shape index (κ1) is 23.4. The molecule has 0 radical (unpaired) electrons. The van der Waals surface area contributed by atoms with E-state index in [0.29, 0.717) is 17.2 Å². The molecular weight excluding hydrogens is 406 g/mol. The number of nitrogens with one attached hydrogen (secondary N) is 2. The third-order valence-corrected chi connectivity index (χ3v) is 5.43. The molecular formula is C20H27N5O4S. The number of amides is 2. The van der Waals surface area contributed by atoms with Gasteiger partial charge in [0.1, 0.15) is 0 Å². The van der Waals surface area contributed by atoms with Gasteiger partial charge in [-0.05, 0) is 24.6 Å². The number of hydrogen-bond acceptors (Lipinski definition) is 7. The number of hydrogen-bond donors (Lipinski definition) is 3. The maximum absolute atomic E-state index is 12.5. The van der Waals surface area contributed by atoms with Gasteiger partial charge in [0.15, 0.2) is 0 Å². The maximum Gasteiger partial charge on any atom is 0.243 e. The first-order valence-corrected chi connectivity index (χ1v) is 11.2. The minimum absolute atomic E-state index is 0.0905. The van der Waals surface area contributed by atoms with Crippen molar-refractivity contribution in [2.45, 2.75) is 37.5 Å². The summed E-state index contributed by atoms with van der Waals surface area (Å²) in [4.78, 5) is 32.4. The molecule has 0 saturated heterocycles. The molecule has 10 heteroatoms. The Hall–Kier alpha value is -2.85. The molecule has 0 aliphatic heterocycles. The summed E-state index contributed by atoms with van der Waals surface area (Å²) in [5.74, 6) is -0.729. The molecule has 0 bridgehead atoms. The topological polar surface area (TPSA) is 125 Å². The fourth-order valence-corrected chi connectivity index (χ4v) is 3.35. The van der Waals surface area contributed by atoms with Crippen molar-refractivity contribution in [3.05, 3.63) is 36.5 Å². The van der Waals surface area contributed by atoms with E-state index in [0.717, 1.165) is 29.7 Å². The molecule has 0 aliphatic rings. The molecule has 0 fully saturated rings. The van der Waals surface area contributed by atoms with Crippen molar-refractivity contribution < 1.29 is 19.0 Å². The van der Waals surface area contributed by atoms with Crippen molar-refractivity contribution in [1.29, 1.82) is 0 Å². The van der Waals surface area contributed by atoms with Gasteiger partial charge < -0.3 is 0 Å². The first-order valence-electron chi connectivity index (χ1n) is 9.68. The van der Waals surface area contributed by atoms with Crippen LogP contribution >= 0.6 is 0 Å². The summed E-state index contributed by atoms with van der Waals surface area (Å²) in [6.45, 7) is 1.96. The van der Waals surface area contributed by atoms with E-state index >= 15 is 0 Å². The Morgan fingerprint density at radius 3 is 2.63 bits per heavy atom. The Morgan fingerprint density at radius 2 is 2.00 bits per heavy atom. The Balaban J connectivity index is 2.02. The second-order valence-electron chi connectivity index (χ2n) is 6.78. The quantitative estimate of drug-likeness (QED) is 0.203. The minimum atomic E-state index is -1.06. The van der Waals surface area contributed by atoms with Crippen LogP contribution in [0.2, 0.25) is 0 Å². The van der Waals surface area contributed by atoms with E-state index in [4.69, 9.17) is 0 Å². The van der Waals surface area contributed by atoms with Crippen molar-refractivity contribution in [3.63, 3.8) is 0 Å². The third kappa shape index (κ3) is 7.20. The van der Waals surface area contributed by atoms with Crippen molar-refractivity contribution in [2.24, 2.45) is 5.92 Å². The highest BCUT2D eigenvalue weighted by molar-refractivity contribution is 7.84. The number of benzene rings is 1. The minimum Gasteiger partial charge on any atom is -0.286 e. The van der Waals surface area contributed by atoms with E-state index < -0.39 is 16.7 Å². The summed E-state index contributed by atoms with van der Waals surface area (Å²) in [7, 11) is -1.06. The van der Waals surface area contributed by atoms with Crippen LogP contribution in [0.4, 0.5) is 5.95 Å². The molecule has 1 unspecified atom stereocenters. The van der Waals surface area contributed by atoms with Crippen LogP contribution in [0.15, 0.2) is 41.4 Å². The lowest BCUT2D eigenvalue weighted by Crippen LogP contribution is -2.40. The highest BCUT2D eigenvalue weighted by Crippen LogP contribution is 2.19. The predicted molar refractivity (Wildman–Crippen MR) is 114 cm³/mol. The zero-order chi connectivity index (χ0) is 21.9. The molecule has 1 heterocycles.